The quantitative estimate of drug-likeness (QED) is 0.185. The Morgan fingerprint density at radius 2 is 1.13 bits per heavy atom. The molecule has 0 spiro atoms. The van der Waals surface area contributed by atoms with Gasteiger partial charge in [-0.1, -0.05) is 91.0 Å². The van der Waals surface area contributed by atoms with Crippen LogP contribution in [0.3, 0.4) is 0 Å². The smallest absolute Gasteiger partial charge is 0.152 e. The van der Waals surface area contributed by atoms with Gasteiger partial charge in [0.15, 0.2) is 11.5 Å². The molecule has 0 unspecified atom stereocenters. The van der Waals surface area contributed by atoms with E-state index in [9.17, 15) is 0 Å². The molecular weight excluding hydrogens is 657 g/mol. The highest BCUT2D eigenvalue weighted by molar-refractivity contribution is 7.25. The molecule has 0 amide bonds. The standard InChI is InChI=1S/C46H28N4OS/c1-3-12-30(13-4-1)49-37-18-8-7-16-32(37)33-23-22-29(28-39(33)49)35-24-26-42-44(47-35)45-43(52-42)27-25-36(48-45)34-17-11-21-41-46(34)50(31-14-5-2-6-15-31)38-19-9-10-20-40(38)51-41/h1-28H. The molecule has 5 nitrogen and oxygen atoms in total. The normalized spacial score (nSPS) is 12.3. The molecular formula is C46H28N4OS. The van der Waals surface area contributed by atoms with E-state index >= 15 is 0 Å². The van der Waals surface area contributed by atoms with Gasteiger partial charge in [-0.15, -0.1) is 11.3 Å². The van der Waals surface area contributed by atoms with Crippen LogP contribution < -0.4 is 9.64 Å². The Balaban J connectivity index is 1.07. The molecule has 52 heavy (non-hydrogen) atoms. The molecule has 0 bridgehead atoms. The summed E-state index contributed by atoms with van der Waals surface area (Å²) in [7, 11) is 0. The van der Waals surface area contributed by atoms with E-state index in [0.29, 0.717) is 0 Å². The summed E-state index contributed by atoms with van der Waals surface area (Å²) in [6, 6.07) is 59.4. The van der Waals surface area contributed by atoms with Crippen LogP contribution in [0.15, 0.2) is 170 Å². The maximum atomic E-state index is 6.50. The first-order valence-corrected chi connectivity index (χ1v) is 18.1. The molecule has 0 atom stereocenters. The Labute approximate surface area is 303 Å². The van der Waals surface area contributed by atoms with Gasteiger partial charge in [-0.25, -0.2) is 9.97 Å². The first-order chi connectivity index (χ1) is 25.8. The van der Waals surface area contributed by atoms with Gasteiger partial charge < -0.3 is 14.2 Å². The Kier molecular flexibility index (Phi) is 6.35. The second kappa shape index (κ2) is 11.4. The van der Waals surface area contributed by atoms with Crippen LogP contribution in [0.2, 0.25) is 0 Å². The van der Waals surface area contributed by atoms with Crippen molar-refractivity contribution in [3.05, 3.63) is 170 Å². The van der Waals surface area contributed by atoms with Crippen molar-refractivity contribution in [3.8, 4) is 39.7 Å². The van der Waals surface area contributed by atoms with Crippen molar-refractivity contribution in [2.24, 2.45) is 0 Å². The Morgan fingerprint density at radius 3 is 1.96 bits per heavy atom. The summed E-state index contributed by atoms with van der Waals surface area (Å²) in [5.74, 6) is 1.61. The van der Waals surface area contributed by atoms with Gasteiger partial charge in [0.05, 0.1) is 43.2 Å². The van der Waals surface area contributed by atoms with Crippen LogP contribution in [-0.2, 0) is 0 Å². The van der Waals surface area contributed by atoms with Gasteiger partial charge in [0.25, 0.3) is 0 Å². The number of fused-ring (bicyclic) bond motifs is 8. The van der Waals surface area contributed by atoms with E-state index in [-0.39, 0.29) is 0 Å². The number of hydrogen-bond acceptors (Lipinski definition) is 5. The molecule has 0 fully saturated rings. The minimum absolute atomic E-state index is 0.792. The predicted molar refractivity (Wildman–Crippen MR) is 215 cm³/mol. The molecule has 0 radical (unpaired) electrons. The number of nitrogens with zero attached hydrogens (tertiary/aromatic N) is 4. The zero-order valence-corrected chi connectivity index (χ0v) is 28.6. The summed E-state index contributed by atoms with van der Waals surface area (Å²) in [5, 5.41) is 2.46. The third-order valence-electron chi connectivity index (χ3n) is 9.98. The summed E-state index contributed by atoms with van der Waals surface area (Å²) < 4.78 is 11.1. The highest BCUT2D eigenvalue weighted by Crippen LogP contribution is 2.53. The lowest BCUT2D eigenvalue weighted by molar-refractivity contribution is 0.477. The molecule has 6 heteroatoms. The zero-order valence-electron chi connectivity index (χ0n) is 27.8. The lowest BCUT2D eigenvalue weighted by Gasteiger charge is -2.34. The zero-order chi connectivity index (χ0) is 34.2. The SMILES string of the molecule is c1ccc(N2c3ccccc3Oc3cccc(-c4ccc5sc6ccc(-c7ccc8c9ccccc9n(-c9ccccc9)c8c7)nc6c5n4)c32)cc1. The van der Waals surface area contributed by atoms with Crippen LogP contribution in [-0.4, -0.2) is 14.5 Å². The number of ether oxygens (including phenoxy) is 1. The summed E-state index contributed by atoms with van der Waals surface area (Å²) in [4.78, 5) is 12.9. The van der Waals surface area contributed by atoms with Crippen LogP contribution >= 0.6 is 11.3 Å². The topological polar surface area (TPSA) is 43.2 Å². The fourth-order valence-corrected chi connectivity index (χ4v) is 8.65. The predicted octanol–water partition coefficient (Wildman–Crippen LogP) is 12.9. The van der Waals surface area contributed by atoms with Crippen LogP contribution in [0.5, 0.6) is 11.5 Å². The molecule has 244 valence electrons. The largest absolute Gasteiger partial charge is 0.453 e. The maximum absolute atomic E-state index is 6.50. The third-order valence-corrected chi connectivity index (χ3v) is 11.1. The van der Waals surface area contributed by atoms with Crippen molar-refractivity contribution >= 4 is 70.6 Å². The number of para-hydroxylation sites is 6. The van der Waals surface area contributed by atoms with Gasteiger partial charge in [-0.05, 0) is 78.9 Å². The molecule has 5 heterocycles. The summed E-state index contributed by atoms with van der Waals surface area (Å²) in [6.45, 7) is 0. The molecule has 0 N–H and O–H groups in total. The number of benzene rings is 6. The minimum Gasteiger partial charge on any atom is -0.453 e. The van der Waals surface area contributed by atoms with Crippen molar-refractivity contribution in [2.75, 3.05) is 4.90 Å². The van der Waals surface area contributed by atoms with Crippen LogP contribution in [0.4, 0.5) is 17.1 Å². The molecule has 10 aromatic rings. The van der Waals surface area contributed by atoms with Crippen molar-refractivity contribution < 1.29 is 4.74 Å². The van der Waals surface area contributed by atoms with Crippen molar-refractivity contribution in [1.82, 2.24) is 14.5 Å². The molecule has 4 aromatic heterocycles. The first kappa shape index (κ1) is 29.0. The van der Waals surface area contributed by atoms with Gasteiger partial charge in [0.2, 0.25) is 0 Å². The lowest BCUT2D eigenvalue weighted by atomic mass is 10.0. The Bertz CT molecular complexity index is 3000. The van der Waals surface area contributed by atoms with Crippen LogP contribution in [0, 0.1) is 0 Å². The number of pyridine rings is 2. The van der Waals surface area contributed by atoms with E-state index in [1.807, 2.05) is 30.3 Å². The van der Waals surface area contributed by atoms with Crippen molar-refractivity contribution in [2.45, 2.75) is 0 Å². The monoisotopic (exact) mass is 684 g/mol. The van der Waals surface area contributed by atoms with E-state index in [2.05, 4.69) is 149 Å². The molecule has 11 rings (SSSR count). The summed E-state index contributed by atoms with van der Waals surface area (Å²) >= 11 is 1.73. The lowest BCUT2D eigenvalue weighted by Crippen LogP contribution is -2.16. The highest BCUT2D eigenvalue weighted by atomic mass is 32.1. The maximum Gasteiger partial charge on any atom is 0.152 e. The van der Waals surface area contributed by atoms with E-state index < -0.39 is 0 Å². The van der Waals surface area contributed by atoms with Gasteiger partial charge in [0, 0.05) is 33.3 Å². The molecule has 0 saturated heterocycles. The van der Waals surface area contributed by atoms with E-state index in [1.165, 1.54) is 16.3 Å². The fraction of sp³-hybridized carbons (Fsp3) is 0. The van der Waals surface area contributed by atoms with Gasteiger partial charge in [-0.2, -0.15) is 0 Å². The van der Waals surface area contributed by atoms with Crippen molar-refractivity contribution in [3.63, 3.8) is 0 Å². The highest BCUT2D eigenvalue weighted by Gasteiger charge is 2.29. The van der Waals surface area contributed by atoms with Gasteiger partial charge >= 0.3 is 0 Å². The average molecular weight is 685 g/mol. The number of anilines is 3. The summed E-state index contributed by atoms with van der Waals surface area (Å²) in [5.41, 5.74) is 12.2. The number of thiophene rings is 1. The molecule has 1 aliphatic rings. The number of rotatable bonds is 4. The third kappa shape index (κ3) is 4.41. The summed E-state index contributed by atoms with van der Waals surface area (Å²) in [6.07, 6.45) is 0. The number of aromatic nitrogens is 3. The van der Waals surface area contributed by atoms with E-state index in [0.717, 1.165) is 82.7 Å². The molecule has 0 saturated carbocycles. The van der Waals surface area contributed by atoms with Gasteiger partial charge in [-0.3, -0.25) is 0 Å². The van der Waals surface area contributed by atoms with Crippen LogP contribution in [0.1, 0.15) is 0 Å². The minimum atomic E-state index is 0.792. The molecule has 0 aliphatic carbocycles. The van der Waals surface area contributed by atoms with E-state index in [1.54, 1.807) is 11.3 Å². The average Bonchev–Trinajstić information content (AvgIpc) is 3.75. The molecule has 6 aromatic carbocycles. The fourth-order valence-electron chi connectivity index (χ4n) is 7.67. The van der Waals surface area contributed by atoms with Gasteiger partial charge in [0.1, 0.15) is 11.0 Å². The first-order valence-electron chi connectivity index (χ1n) is 17.3. The second-order valence-electron chi connectivity index (χ2n) is 13.0. The second-order valence-corrected chi connectivity index (χ2v) is 14.1. The van der Waals surface area contributed by atoms with Crippen LogP contribution in [0.25, 0.3) is 70.4 Å². The van der Waals surface area contributed by atoms with Crippen molar-refractivity contribution in [1.29, 1.82) is 0 Å². The molecule has 1 aliphatic heterocycles. The Morgan fingerprint density at radius 1 is 0.481 bits per heavy atom. The Hall–Kier alpha value is -6.76. The van der Waals surface area contributed by atoms with E-state index in [4.69, 9.17) is 14.7 Å². The number of hydrogen-bond donors (Lipinski definition) is 0.